The highest BCUT2D eigenvalue weighted by atomic mass is 16.5. The maximum atomic E-state index is 12.1. The van der Waals surface area contributed by atoms with Crippen LogP contribution in [0.4, 0.5) is 0 Å². The Morgan fingerprint density at radius 3 is 2.37 bits per heavy atom. The van der Waals surface area contributed by atoms with Crippen LogP contribution in [-0.2, 0) is 4.79 Å². The van der Waals surface area contributed by atoms with Crippen LogP contribution in [0.15, 0.2) is 0 Å². The molecule has 0 spiro atoms. The molecule has 0 aliphatic heterocycles. The van der Waals surface area contributed by atoms with Crippen molar-refractivity contribution >= 4 is 5.78 Å². The summed E-state index contributed by atoms with van der Waals surface area (Å²) in [6, 6.07) is 0. The summed E-state index contributed by atoms with van der Waals surface area (Å²) in [6.45, 7) is 11.3. The zero-order valence-electron chi connectivity index (χ0n) is 20.1. The number of fused-ring (bicyclic) bond motifs is 5. The maximum Gasteiger partial charge on any atom is 0.164 e. The third kappa shape index (κ3) is 3.60. The minimum atomic E-state index is -1.53. The molecule has 0 heterocycles. The van der Waals surface area contributed by atoms with Crippen molar-refractivity contribution in [2.75, 3.05) is 0 Å². The van der Waals surface area contributed by atoms with Gasteiger partial charge < -0.3 is 10.2 Å². The predicted octanol–water partition coefficient (Wildman–Crippen LogP) is 5.97. The van der Waals surface area contributed by atoms with Gasteiger partial charge in [-0.05, 0) is 97.7 Å². The summed E-state index contributed by atoms with van der Waals surface area (Å²) in [5, 5.41) is 20.6. The van der Waals surface area contributed by atoms with Crippen molar-refractivity contribution in [1.82, 2.24) is 0 Å². The summed E-state index contributed by atoms with van der Waals surface area (Å²) in [6.07, 6.45) is 12.2. The predicted molar refractivity (Wildman–Crippen MR) is 121 cm³/mol. The normalized spacial score (nSPS) is 45.1. The molecule has 172 valence electrons. The average molecular weight is 419 g/mol. The van der Waals surface area contributed by atoms with E-state index in [1.807, 2.05) is 13.8 Å². The van der Waals surface area contributed by atoms with E-state index in [1.165, 1.54) is 38.5 Å². The van der Waals surface area contributed by atoms with Crippen LogP contribution in [0.3, 0.4) is 0 Å². The Morgan fingerprint density at radius 1 is 0.967 bits per heavy atom. The van der Waals surface area contributed by atoms with E-state index >= 15 is 0 Å². The molecular weight excluding hydrogens is 372 g/mol. The van der Waals surface area contributed by atoms with Crippen LogP contribution < -0.4 is 0 Å². The van der Waals surface area contributed by atoms with Gasteiger partial charge in [-0.3, -0.25) is 4.79 Å². The van der Waals surface area contributed by atoms with E-state index in [4.69, 9.17) is 0 Å². The quantitative estimate of drug-likeness (QED) is 0.541. The van der Waals surface area contributed by atoms with Crippen LogP contribution in [0.1, 0.15) is 105 Å². The summed E-state index contributed by atoms with van der Waals surface area (Å²) < 4.78 is 0. The highest BCUT2D eigenvalue weighted by Gasteiger charge is 2.60. The molecule has 0 aromatic rings. The van der Waals surface area contributed by atoms with Gasteiger partial charge in [-0.15, -0.1) is 0 Å². The van der Waals surface area contributed by atoms with Gasteiger partial charge in [0, 0.05) is 25.2 Å². The Kier molecular flexibility index (Phi) is 5.97. The topological polar surface area (TPSA) is 57.5 Å². The number of carbonyl (C=O) groups is 1. The Balaban J connectivity index is 1.47. The molecule has 4 aliphatic rings. The fraction of sp³-hybridized carbons (Fsp3) is 0.963. The van der Waals surface area contributed by atoms with Crippen molar-refractivity contribution in [3.63, 3.8) is 0 Å². The first kappa shape index (κ1) is 22.8. The molecule has 4 fully saturated rings. The molecule has 4 aliphatic carbocycles. The van der Waals surface area contributed by atoms with Crippen LogP contribution in [0.5, 0.6) is 0 Å². The van der Waals surface area contributed by atoms with Gasteiger partial charge in [-0.2, -0.15) is 0 Å². The van der Waals surface area contributed by atoms with E-state index in [0.717, 1.165) is 43.4 Å². The minimum absolute atomic E-state index is 0.120. The van der Waals surface area contributed by atoms with E-state index in [2.05, 4.69) is 20.8 Å². The lowest BCUT2D eigenvalue weighted by atomic mass is 9.44. The summed E-state index contributed by atoms with van der Waals surface area (Å²) in [5.41, 5.74) is 0.812. The molecule has 0 aromatic heterocycles. The molecule has 2 N–H and O–H groups in total. The first-order chi connectivity index (χ1) is 14.0. The average Bonchev–Trinajstić information content (AvgIpc) is 3.04. The molecule has 8 atom stereocenters. The number of aliphatic hydroxyl groups is 2. The third-order valence-electron chi connectivity index (χ3n) is 11.1. The van der Waals surface area contributed by atoms with Crippen molar-refractivity contribution in [1.29, 1.82) is 0 Å². The summed E-state index contributed by atoms with van der Waals surface area (Å²) in [7, 11) is 0. The number of rotatable bonds is 5. The number of carbonyl (C=O) groups excluding carboxylic acids is 1. The number of Topliss-reactive ketones (excluding diaryl/α,β-unsaturated/α-hetero) is 1. The van der Waals surface area contributed by atoms with Gasteiger partial charge in [0.1, 0.15) is 5.78 Å². The number of hydrogen-bond donors (Lipinski definition) is 2. The molecule has 4 rings (SSSR count). The van der Waals surface area contributed by atoms with E-state index < -0.39 is 5.79 Å². The highest BCUT2D eigenvalue weighted by molar-refractivity contribution is 5.79. The molecule has 0 bridgehead atoms. The maximum absolute atomic E-state index is 12.1. The van der Waals surface area contributed by atoms with E-state index in [0.29, 0.717) is 40.8 Å². The molecule has 0 saturated heterocycles. The van der Waals surface area contributed by atoms with Crippen LogP contribution >= 0.6 is 0 Å². The standard InChI is InChI=1S/C27H46O3/c1-17(2)27(29,30)15-10-18(3)22-8-9-23-21-7-6-19-16-20(28)11-13-25(19,4)24(21)12-14-26(22,23)5/h17-19,21-24,29-30H,6-16H2,1-5H3/t18-,19+,21-,22-,23-,24-,25-,26+/m0/s1. The molecule has 0 aromatic carbocycles. The van der Waals surface area contributed by atoms with Gasteiger partial charge in [-0.25, -0.2) is 0 Å². The lowest BCUT2D eigenvalue weighted by molar-refractivity contribution is -0.199. The molecule has 4 saturated carbocycles. The Bertz CT molecular complexity index is 654. The SMILES string of the molecule is CC(C)C(O)(O)CC[C@H](C)[C@@H]1CC[C@H]2[C@@H]3CC[C@@H]4CC(=O)CC[C@]4(C)[C@H]3CC[C@@]21C. The highest BCUT2D eigenvalue weighted by Crippen LogP contribution is 2.68. The molecule has 30 heavy (non-hydrogen) atoms. The number of hydrogen-bond acceptors (Lipinski definition) is 3. The number of ketones is 1. The summed E-state index contributed by atoms with van der Waals surface area (Å²) in [5.74, 6) is 3.26. The first-order valence-corrected chi connectivity index (χ1v) is 13.0. The van der Waals surface area contributed by atoms with Crippen molar-refractivity contribution in [3.8, 4) is 0 Å². The van der Waals surface area contributed by atoms with Crippen molar-refractivity contribution < 1.29 is 15.0 Å². The fourth-order valence-electron chi connectivity index (χ4n) is 8.95. The Morgan fingerprint density at radius 2 is 1.67 bits per heavy atom. The van der Waals surface area contributed by atoms with Gasteiger partial charge in [0.15, 0.2) is 5.79 Å². The lowest BCUT2D eigenvalue weighted by Gasteiger charge is -2.60. The van der Waals surface area contributed by atoms with Crippen molar-refractivity contribution in [2.45, 2.75) is 111 Å². The third-order valence-corrected chi connectivity index (χ3v) is 11.1. The zero-order valence-corrected chi connectivity index (χ0v) is 20.1. The van der Waals surface area contributed by atoms with Crippen molar-refractivity contribution in [2.24, 2.45) is 52.3 Å². The van der Waals surface area contributed by atoms with Crippen LogP contribution in [0.2, 0.25) is 0 Å². The molecule has 0 radical (unpaired) electrons. The van der Waals surface area contributed by atoms with Crippen LogP contribution in [-0.4, -0.2) is 21.8 Å². The summed E-state index contributed by atoms with van der Waals surface area (Å²) >= 11 is 0. The molecule has 3 nitrogen and oxygen atoms in total. The minimum Gasteiger partial charge on any atom is -0.365 e. The molecular formula is C27H46O3. The first-order valence-electron chi connectivity index (χ1n) is 13.0. The molecule has 3 heteroatoms. The van der Waals surface area contributed by atoms with Crippen LogP contribution in [0, 0.1) is 52.3 Å². The van der Waals surface area contributed by atoms with Gasteiger partial charge in [-0.1, -0.05) is 34.6 Å². The van der Waals surface area contributed by atoms with Crippen LogP contribution in [0.25, 0.3) is 0 Å². The second-order valence-corrected chi connectivity index (χ2v) is 12.7. The van der Waals surface area contributed by atoms with Gasteiger partial charge in [0.05, 0.1) is 0 Å². The van der Waals surface area contributed by atoms with E-state index in [1.54, 1.807) is 0 Å². The second-order valence-electron chi connectivity index (χ2n) is 12.7. The van der Waals surface area contributed by atoms with E-state index in [9.17, 15) is 15.0 Å². The monoisotopic (exact) mass is 418 g/mol. The largest absolute Gasteiger partial charge is 0.365 e. The second kappa shape index (κ2) is 7.87. The molecule has 0 unspecified atom stereocenters. The van der Waals surface area contributed by atoms with Gasteiger partial charge in [0.25, 0.3) is 0 Å². The van der Waals surface area contributed by atoms with Crippen molar-refractivity contribution in [3.05, 3.63) is 0 Å². The van der Waals surface area contributed by atoms with Gasteiger partial charge in [0.2, 0.25) is 0 Å². The Hall–Kier alpha value is -0.410. The fourth-order valence-corrected chi connectivity index (χ4v) is 8.95. The molecule has 0 amide bonds. The van der Waals surface area contributed by atoms with Gasteiger partial charge >= 0.3 is 0 Å². The lowest BCUT2D eigenvalue weighted by Crippen LogP contribution is -2.53. The Labute approximate surface area is 184 Å². The van der Waals surface area contributed by atoms with E-state index in [-0.39, 0.29) is 5.92 Å². The summed E-state index contributed by atoms with van der Waals surface area (Å²) in [4.78, 5) is 12.1. The smallest absolute Gasteiger partial charge is 0.164 e. The zero-order chi connectivity index (χ0) is 21.9.